The van der Waals surface area contributed by atoms with Crippen molar-refractivity contribution in [2.75, 3.05) is 25.6 Å². The van der Waals surface area contributed by atoms with E-state index in [0.717, 1.165) is 10.0 Å². The number of hydrogen-bond donors (Lipinski definition) is 1. The summed E-state index contributed by atoms with van der Waals surface area (Å²) in [4.78, 5) is 12.2. The van der Waals surface area contributed by atoms with Gasteiger partial charge in [0.2, 0.25) is 5.91 Å². The second-order valence-electron chi connectivity index (χ2n) is 5.10. The number of amides is 1. The lowest BCUT2D eigenvalue weighted by molar-refractivity contribution is -0.116. The number of para-hydroxylation sites is 1. The number of ether oxygens (including phenoxy) is 2. The molecule has 4 nitrogen and oxygen atoms in total. The molecule has 2 aromatic carbocycles. The van der Waals surface area contributed by atoms with Crippen molar-refractivity contribution in [2.45, 2.75) is 12.8 Å². The number of hydrogen-bond acceptors (Lipinski definition) is 3. The average molecular weight is 413 g/mol. The molecule has 0 saturated heterocycles. The fourth-order valence-corrected chi connectivity index (χ4v) is 2.86. The van der Waals surface area contributed by atoms with Gasteiger partial charge in [-0.05, 0) is 30.2 Å². The molecule has 1 N–H and O–H groups in total. The first-order chi connectivity index (χ1) is 11.6. The summed E-state index contributed by atoms with van der Waals surface area (Å²) >= 11 is 9.65. The van der Waals surface area contributed by atoms with Gasteiger partial charge in [-0.2, -0.15) is 0 Å². The number of halogens is 2. The molecular formula is C18H19BrClNO3. The van der Waals surface area contributed by atoms with Crippen molar-refractivity contribution in [2.24, 2.45) is 0 Å². The van der Waals surface area contributed by atoms with Crippen LogP contribution in [0.15, 0.2) is 46.9 Å². The Labute approximate surface area is 155 Å². The van der Waals surface area contributed by atoms with Gasteiger partial charge in [-0.1, -0.05) is 51.8 Å². The summed E-state index contributed by atoms with van der Waals surface area (Å²) in [6.45, 7) is 0.806. The maximum Gasteiger partial charge on any atom is 0.224 e. The summed E-state index contributed by atoms with van der Waals surface area (Å²) in [5, 5.41) is 3.32. The van der Waals surface area contributed by atoms with Crippen LogP contribution in [-0.4, -0.2) is 26.2 Å². The SMILES string of the molecule is COCCOc1c(Cl)cccc1NC(=O)CCc1ccccc1Br. The highest BCUT2D eigenvalue weighted by atomic mass is 79.9. The molecule has 0 aromatic heterocycles. The normalized spacial score (nSPS) is 10.5. The van der Waals surface area contributed by atoms with Crippen LogP contribution in [0.2, 0.25) is 5.02 Å². The molecule has 0 radical (unpaired) electrons. The number of carbonyl (C=O) groups is 1. The number of rotatable bonds is 8. The zero-order valence-electron chi connectivity index (χ0n) is 13.4. The van der Waals surface area contributed by atoms with Crippen molar-refractivity contribution >= 4 is 39.1 Å². The standard InChI is InChI=1S/C18H19BrClNO3/c1-23-11-12-24-18-15(20)7-4-8-16(18)21-17(22)10-9-13-5-2-3-6-14(13)19/h2-8H,9-12H2,1H3,(H,21,22). The largest absolute Gasteiger partial charge is 0.487 e. The van der Waals surface area contributed by atoms with E-state index in [1.807, 2.05) is 24.3 Å². The van der Waals surface area contributed by atoms with Gasteiger partial charge in [0.05, 0.1) is 17.3 Å². The highest BCUT2D eigenvalue weighted by Crippen LogP contribution is 2.33. The lowest BCUT2D eigenvalue weighted by Gasteiger charge is -2.14. The first kappa shape index (κ1) is 18.8. The summed E-state index contributed by atoms with van der Waals surface area (Å²) in [6.07, 6.45) is 1.01. The minimum absolute atomic E-state index is 0.0930. The third-order valence-corrected chi connectivity index (χ3v) is 4.43. The quantitative estimate of drug-likeness (QED) is 0.639. The monoisotopic (exact) mass is 411 g/mol. The maximum absolute atomic E-state index is 12.2. The Hall–Kier alpha value is -1.56. The van der Waals surface area contributed by atoms with Crippen LogP contribution in [0.4, 0.5) is 5.69 Å². The van der Waals surface area contributed by atoms with Crippen molar-refractivity contribution in [1.29, 1.82) is 0 Å². The van der Waals surface area contributed by atoms with Gasteiger partial charge in [0.1, 0.15) is 6.61 Å². The average Bonchev–Trinajstić information content (AvgIpc) is 2.57. The molecule has 6 heteroatoms. The van der Waals surface area contributed by atoms with E-state index in [-0.39, 0.29) is 5.91 Å². The zero-order valence-corrected chi connectivity index (χ0v) is 15.7. The maximum atomic E-state index is 12.2. The Kier molecular flexibility index (Phi) is 7.56. The topological polar surface area (TPSA) is 47.6 Å². The minimum Gasteiger partial charge on any atom is -0.487 e. The van der Waals surface area contributed by atoms with Crippen LogP contribution in [0.1, 0.15) is 12.0 Å². The zero-order chi connectivity index (χ0) is 17.4. The van der Waals surface area contributed by atoms with Crippen LogP contribution in [0.25, 0.3) is 0 Å². The number of aryl methyl sites for hydroxylation is 1. The fourth-order valence-electron chi connectivity index (χ4n) is 2.14. The van der Waals surface area contributed by atoms with Crippen molar-refractivity contribution < 1.29 is 14.3 Å². The van der Waals surface area contributed by atoms with Gasteiger partial charge in [0.15, 0.2) is 5.75 Å². The van der Waals surface area contributed by atoms with E-state index in [4.69, 9.17) is 21.1 Å². The first-order valence-electron chi connectivity index (χ1n) is 7.55. The number of methoxy groups -OCH3 is 1. The Bertz CT molecular complexity index is 694. The van der Waals surface area contributed by atoms with E-state index in [2.05, 4.69) is 21.2 Å². The molecule has 0 aliphatic heterocycles. The number of benzene rings is 2. The van der Waals surface area contributed by atoms with Gasteiger partial charge in [-0.15, -0.1) is 0 Å². The third kappa shape index (κ3) is 5.51. The Morgan fingerprint density at radius 1 is 1.17 bits per heavy atom. The van der Waals surface area contributed by atoms with Gasteiger partial charge in [-0.3, -0.25) is 4.79 Å². The fraction of sp³-hybridized carbons (Fsp3) is 0.278. The van der Waals surface area contributed by atoms with E-state index in [0.29, 0.717) is 42.5 Å². The number of carbonyl (C=O) groups excluding carboxylic acids is 1. The molecule has 0 aliphatic carbocycles. The molecule has 0 saturated carbocycles. The molecule has 1 amide bonds. The lowest BCUT2D eigenvalue weighted by Crippen LogP contribution is -2.14. The van der Waals surface area contributed by atoms with E-state index >= 15 is 0 Å². The predicted molar refractivity (Wildman–Crippen MR) is 99.9 cm³/mol. The Morgan fingerprint density at radius 3 is 2.71 bits per heavy atom. The second-order valence-corrected chi connectivity index (χ2v) is 6.36. The third-order valence-electron chi connectivity index (χ3n) is 3.35. The Balaban J connectivity index is 1.98. The molecule has 2 rings (SSSR count). The number of nitrogens with one attached hydrogen (secondary N) is 1. The molecular weight excluding hydrogens is 394 g/mol. The summed E-state index contributed by atoms with van der Waals surface area (Å²) in [7, 11) is 1.60. The highest BCUT2D eigenvalue weighted by molar-refractivity contribution is 9.10. The van der Waals surface area contributed by atoms with E-state index < -0.39 is 0 Å². The summed E-state index contributed by atoms with van der Waals surface area (Å²) in [5.41, 5.74) is 1.66. The van der Waals surface area contributed by atoms with Gasteiger partial charge in [0, 0.05) is 18.0 Å². The van der Waals surface area contributed by atoms with Gasteiger partial charge in [0.25, 0.3) is 0 Å². The van der Waals surface area contributed by atoms with Gasteiger partial charge in [-0.25, -0.2) is 0 Å². The molecule has 0 fully saturated rings. The van der Waals surface area contributed by atoms with Crippen molar-refractivity contribution in [3.8, 4) is 5.75 Å². The summed E-state index contributed by atoms with van der Waals surface area (Å²) < 4.78 is 11.6. The molecule has 0 spiro atoms. The smallest absolute Gasteiger partial charge is 0.224 e. The van der Waals surface area contributed by atoms with Gasteiger partial charge >= 0.3 is 0 Å². The van der Waals surface area contributed by atoms with Crippen LogP contribution in [-0.2, 0) is 16.0 Å². The molecule has 128 valence electrons. The summed E-state index contributed by atoms with van der Waals surface area (Å²) in [5.74, 6) is 0.370. The minimum atomic E-state index is -0.0930. The van der Waals surface area contributed by atoms with Crippen LogP contribution < -0.4 is 10.1 Å². The molecule has 24 heavy (non-hydrogen) atoms. The van der Waals surface area contributed by atoms with E-state index in [9.17, 15) is 4.79 Å². The molecule has 2 aromatic rings. The Morgan fingerprint density at radius 2 is 1.96 bits per heavy atom. The predicted octanol–water partition coefficient (Wildman–Crippen LogP) is 4.70. The van der Waals surface area contributed by atoms with Crippen LogP contribution in [0.5, 0.6) is 5.75 Å². The molecule has 0 atom stereocenters. The molecule has 0 aliphatic rings. The lowest BCUT2D eigenvalue weighted by atomic mass is 10.1. The number of anilines is 1. The van der Waals surface area contributed by atoms with Crippen molar-refractivity contribution in [3.63, 3.8) is 0 Å². The van der Waals surface area contributed by atoms with Crippen LogP contribution in [0, 0.1) is 0 Å². The molecule has 0 unspecified atom stereocenters. The highest BCUT2D eigenvalue weighted by Gasteiger charge is 2.12. The molecule has 0 bridgehead atoms. The second kappa shape index (κ2) is 9.67. The first-order valence-corrected chi connectivity index (χ1v) is 8.72. The van der Waals surface area contributed by atoms with Crippen LogP contribution >= 0.6 is 27.5 Å². The van der Waals surface area contributed by atoms with Crippen molar-refractivity contribution in [3.05, 3.63) is 57.5 Å². The van der Waals surface area contributed by atoms with E-state index in [1.54, 1.807) is 25.3 Å². The van der Waals surface area contributed by atoms with E-state index in [1.165, 1.54) is 0 Å². The molecule has 0 heterocycles. The van der Waals surface area contributed by atoms with Gasteiger partial charge < -0.3 is 14.8 Å². The summed E-state index contributed by atoms with van der Waals surface area (Å²) in [6, 6.07) is 13.1. The van der Waals surface area contributed by atoms with Crippen LogP contribution in [0.3, 0.4) is 0 Å². The van der Waals surface area contributed by atoms with Crippen molar-refractivity contribution in [1.82, 2.24) is 0 Å².